The number of likely N-dealkylation sites (tertiary alicyclic amines) is 1. The number of benzene rings is 1. The normalized spacial score (nSPS) is 17.3. The third-order valence-electron chi connectivity index (χ3n) is 3.30. The van der Waals surface area contributed by atoms with Crippen LogP contribution >= 0.6 is 0 Å². The Bertz CT molecular complexity index is 558. The van der Waals surface area contributed by atoms with Crippen LogP contribution in [0.2, 0.25) is 0 Å². The molecule has 0 atom stereocenters. The van der Waals surface area contributed by atoms with Crippen molar-refractivity contribution in [3.63, 3.8) is 0 Å². The molecule has 1 aromatic carbocycles. The van der Waals surface area contributed by atoms with Crippen LogP contribution in [0.5, 0.6) is 0 Å². The first-order chi connectivity index (χ1) is 9.43. The van der Waals surface area contributed by atoms with Crippen LogP contribution < -0.4 is 0 Å². The molecule has 104 valence electrons. The zero-order chi connectivity index (χ0) is 14.9. The van der Waals surface area contributed by atoms with Gasteiger partial charge in [-0.2, -0.15) is 0 Å². The van der Waals surface area contributed by atoms with E-state index >= 15 is 0 Å². The average Bonchev–Trinajstić information content (AvgIpc) is 2.87. The van der Waals surface area contributed by atoms with Gasteiger partial charge in [-0.25, -0.2) is 0 Å². The number of carbonyl (C=O) groups excluding carboxylic acids is 4. The first kappa shape index (κ1) is 13.9. The summed E-state index contributed by atoms with van der Waals surface area (Å²) >= 11 is 0. The monoisotopic (exact) mass is 274 g/mol. The molecule has 0 saturated carbocycles. The first-order valence-electron chi connectivity index (χ1n) is 6.14. The third-order valence-corrected chi connectivity index (χ3v) is 3.30. The minimum atomic E-state index is -0.212. The quantitative estimate of drug-likeness (QED) is 0.652. The number of imide groups is 2. The average molecular weight is 274 g/mol. The van der Waals surface area contributed by atoms with Gasteiger partial charge < -0.3 is 0 Å². The Kier molecular flexibility index (Phi) is 3.65. The molecule has 2 aliphatic heterocycles. The van der Waals surface area contributed by atoms with Gasteiger partial charge in [0.2, 0.25) is 11.8 Å². The summed E-state index contributed by atoms with van der Waals surface area (Å²) in [6.45, 7) is 0. The second-order valence-corrected chi connectivity index (χ2v) is 4.56. The lowest BCUT2D eigenvalue weighted by atomic mass is 10.1. The van der Waals surface area contributed by atoms with Crippen molar-refractivity contribution in [2.75, 3.05) is 14.1 Å². The Hall–Kier alpha value is -2.50. The van der Waals surface area contributed by atoms with Gasteiger partial charge in [0, 0.05) is 26.9 Å². The maximum atomic E-state index is 11.3. The van der Waals surface area contributed by atoms with Gasteiger partial charge in [-0.15, -0.1) is 0 Å². The smallest absolute Gasteiger partial charge is 0.261 e. The SMILES string of the molecule is CN1C(=O)CCC1=O.CN1C(=O)c2ccccc2C1=O. The number of fused-ring (bicyclic) bond motifs is 1. The molecule has 2 heterocycles. The molecule has 1 fully saturated rings. The van der Waals surface area contributed by atoms with E-state index in [4.69, 9.17) is 0 Å². The Morgan fingerprint density at radius 2 is 1.15 bits per heavy atom. The third kappa shape index (κ3) is 2.32. The molecule has 4 amide bonds. The van der Waals surface area contributed by atoms with E-state index in [9.17, 15) is 19.2 Å². The number of hydrogen-bond acceptors (Lipinski definition) is 4. The number of amides is 4. The maximum absolute atomic E-state index is 11.3. The maximum Gasteiger partial charge on any atom is 0.261 e. The Labute approximate surface area is 116 Å². The molecule has 3 rings (SSSR count). The van der Waals surface area contributed by atoms with E-state index in [1.54, 1.807) is 24.3 Å². The highest BCUT2D eigenvalue weighted by atomic mass is 16.2. The number of nitrogens with zero attached hydrogens (tertiary/aromatic N) is 2. The summed E-state index contributed by atoms with van der Waals surface area (Å²) < 4.78 is 0. The van der Waals surface area contributed by atoms with Crippen LogP contribution in [0.15, 0.2) is 24.3 Å². The molecule has 0 bridgehead atoms. The van der Waals surface area contributed by atoms with E-state index in [1.807, 2.05) is 0 Å². The molecule has 6 heteroatoms. The number of carbonyl (C=O) groups is 4. The molecule has 0 N–H and O–H groups in total. The molecule has 20 heavy (non-hydrogen) atoms. The second-order valence-electron chi connectivity index (χ2n) is 4.56. The standard InChI is InChI=1S/C9H7NO2.C5H7NO2/c1-10-8(11)6-4-2-3-5-7(6)9(10)12;1-6-4(7)2-3-5(6)8/h2-5H,1H3;2-3H2,1H3. The van der Waals surface area contributed by atoms with E-state index in [0.717, 1.165) is 4.90 Å². The Morgan fingerprint density at radius 1 is 0.750 bits per heavy atom. The minimum Gasteiger partial charge on any atom is -0.286 e. The molecule has 0 unspecified atom stereocenters. The topological polar surface area (TPSA) is 74.8 Å². The minimum absolute atomic E-state index is 0.0602. The zero-order valence-corrected chi connectivity index (χ0v) is 11.3. The van der Waals surface area contributed by atoms with E-state index in [-0.39, 0.29) is 23.6 Å². The molecule has 6 nitrogen and oxygen atoms in total. The lowest BCUT2D eigenvalue weighted by Crippen LogP contribution is -2.24. The highest BCUT2D eigenvalue weighted by Crippen LogP contribution is 2.20. The van der Waals surface area contributed by atoms with Crippen molar-refractivity contribution in [1.29, 1.82) is 0 Å². The van der Waals surface area contributed by atoms with Crippen molar-refractivity contribution in [2.45, 2.75) is 12.8 Å². The summed E-state index contributed by atoms with van der Waals surface area (Å²) in [7, 11) is 3.00. The van der Waals surface area contributed by atoms with Gasteiger partial charge in [-0.3, -0.25) is 29.0 Å². The largest absolute Gasteiger partial charge is 0.286 e. The van der Waals surface area contributed by atoms with Crippen LogP contribution in [0.4, 0.5) is 0 Å². The van der Waals surface area contributed by atoms with Crippen molar-refractivity contribution < 1.29 is 19.2 Å². The van der Waals surface area contributed by atoms with Gasteiger partial charge >= 0.3 is 0 Å². The number of rotatable bonds is 0. The summed E-state index contributed by atoms with van der Waals surface area (Å²) in [4.78, 5) is 45.9. The summed E-state index contributed by atoms with van der Waals surface area (Å²) in [6, 6.07) is 6.84. The van der Waals surface area contributed by atoms with Gasteiger partial charge in [-0.05, 0) is 12.1 Å². The van der Waals surface area contributed by atoms with Crippen LogP contribution in [0, 0.1) is 0 Å². The highest BCUT2D eigenvalue weighted by Gasteiger charge is 2.31. The van der Waals surface area contributed by atoms with E-state index in [1.165, 1.54) is 19.0 Å². The van der Waals surface area contributed by atoms with Gasteiger partial charge in [0.1, 0.15) is 0 Å². The van der Waals surface area contributed by atoms with Crippen molar-refractivity contribution in [3.8, 4) is 0 Å². The van der Waals surface area contributed by atoms with Gasteiger partial charge in [0.25, 0.3) is 11.8 Å². The molecular formula is C14H14N2O4. The lowest BCUT2D eigenvalue weighted by molar-refractivity contribution is -0.136. The first-order valence-corrected chi connectivity index (χ1v) is 6.14. The van der Waals surface area contributed by atoms with E-state index in [2.05, 4.69) is 0 Å². The predicted molar refractivity (Wildman–Crippen MR) is 69.9 cm³/mol. The van der Waals surface area contributed by atoms with Crippen molar-refractivity contribution >= 4 is 23.6 Å². The second kappa shape index (κ2) is 5.24. The Balaban J connectivity index is 0.000000160. The predicted octanol–water partition coefficient (Wildman–Crippen LogP) is 0.678. The summed E-state index contributed by atoms with van der Waals surface area (Å²) in [5.74, 6) is -0.545. The fourth-order valence-corrected chi connectivity index (χ4v) is 2.00. The number of hydrogen-bond donors (Lipinski definition) is 0. The Morgan fingerprint density at radius 3 is 1.45 bits per heavy atom. The fraction of sp³-hybridized carbons (Fsp3) is 0.286. The van der Waals surface area contributed by atoms with Crippen molar-refractivity contribution in [3.05, 3.63) is 35.4 Å². The van der Waals surface area contributed by atoms with Gasteiger partial charge in [0.15, 0.2) is 0 Å². The molecule has 1 aromatic rings. The van der Waals surface area contributed by atoms with E-state index < -0.39 is 0 Å². The van der Waals surface area contributed by atoms with Crippen LogP contribution in [-0.2, 0) is 9.59 Å². The molecular weight excluding hydrogens is 260 g/mol. The van der Waals surface area contributed by atoms with Gasteiger partial charge in [-0.1, -0.05) is 12.1 Å². The molecule has 0 aromatic heterocycles. The summed E-state index contributed by atoms with van der Waals surface area (Å²) in [5, 5.41) is 0. The van der Waals surface area contributed by atoms with Gasteiger partial charge in [0.05, 0.1) is 11.1 Å². The van der Waals surface area contributed by atoms with Crippen molar-refractivity contribution in [2.24, 2.45) is 0 Å². The van der Waals surface area contributed by atoms with Crippen LogP contribution in [-0.4, -0.2) is 47.5 Å². The van der Waals surface area contributed by atoms with Crippen LogP contribution in [0.1, 0.15) is 33.6 Å². The lowest BCUT2D eigenvalue weighted by Gasteiger charge is -2.02. The molecule has 1 saturated heterocycles. The summed E-state index contributed by atoms with van der Waals surface area (Å²) in [5.41, 5.74) is 1.01. The summed E-state index contributed by atoms with van der Waals surface area (Å²) in [6.07, 6.45) is 0.796. The zero-order valence-electron chi connectivity index (χ0n) is 11.3. The van der Waals surface area contributed by atoms with Crippen LogP contribution in [0.3, 0.4) is 0 Å². The van der Waals surface area contributed by atoms with E-state index in [0.29, 0.717) is 24.0 Å². The molecule has 0 spiro atoms. The fourth-order valence-electron chi connectivity index (χ4n) is 2.00. The molecule has 0 aliphatic carbocycles. The highest BCUT2D eigenvalue weighted by molar-refractivity contribution is 6.21. The molecule has 0 radical (unpaired) electrons. The molecule has 2 aliphatic rings. The van der Waals surface area contributed by atoms with Crippen molar-refractivity contribution in [1.82, 2.24) is 9.80 Å². The van der Waals surface area contributed by atoms with Crippen LogP contribution in [0.25, 0.3) is 0 Å².